The van der Waals surface area contributed by atoms with Gasteiger partial charge < -0.3 is 10.5 Å². The number of ether oxygens (including phenoxy) is 1. The monoisotopic (exact) mass is 225 g/mol. The van der Waals surface area contributed by atoms with Crippen molar-refractivity contribution in [3.63, 3.8) is 0 Å². The van der Waals surface area contributed by atoms with Crippen LogP contribution in [0.5, 0.6) is 0 Å². The Kier molecular flexibility index (Phi) is 4.50. The maximum Gasteiger partial charge on any atom is 0.0776 e. The largest absolute Gasteiger partial charge is 0.374 e. The Morgan fingerprint density at radius 1 is 1.56 bits per heavy atom. The average Bonchev–Trinajstić information content (AvgIpc) is 2.60. The van der Waals surface area contributed by atoms with Crippen molar-refractivity contribution in [1.29, 1.82) is 0 Å². The summed E-state index contributed by atoms with van der Waals surface area (Å²) in [6.45, 7) is 6.79. The standard InChI is InChI=1S/C12H23N3O/c1-5-16-12(2,3)11(13)7-6-10-8-14-15(4)9-10/h8-9,11H,5-7,13H2,1-4H3. The van der Waals surface area contributed by atoms with E-state index in [0.29, 0.717) is 6.61 Å². The maximum absolute atomic E-state index is 6.14. The smallest absolute Gasteiger partial charge is 0.0776 e. The van der Waals surface area contributed by atoms with E-state index in [1.807, 2.05) is 44.9 Å². The van der Waals surface area contributed by atoms with Crippen molar-refractivity contribution in [3.8, 4) is 0 Å². The fourth-order valence-electron chi connectivity index (χ4n) is 1.75. The average molecular weight is 225 g/mol. The van der Waals surface area contributed by atoms with Crippen molar-refractivity contribution in [3.05, 3.63) is 18.0 Å². The van der Waals surface area contributed by atoms with Crippen LogP contribution in [0.4, 0.5) is 0 Å². The molecule has 0 saturated carbocycles. The molecular weight excluding hydrogens is 202 g/mol. The van der Waals surface area contributed by atoms with Gasteiger partial charge in [-0.25, -0.2) is 0 Å². The van der Waals surface area contributed by atoms with Gasteiger partial charge in [0.25, 0.3) is 0 Å². The number of aromatic nitrogens is 2. The van der Waals surface area contributed by atoms with Crippen LogP contribution in [-0.4, -0.2) is 28.0 Å². The van der Waals surface area contributed by atoms with Crippen LogP contribution in [0, 0.1) is 0 Å². The second-order valence-electron chi connectivity index (χ2n) is 4.70. The normalized spacial score (nSPS) is 14.1. The number of aryl methyl sites for hydroxylation is 2. The SMILES string of the molecule is CCOC(C)(C)C(N)CCc1cnn(C)c1. The number of nitrogens with zero attached hydrogens (tertiary/aromatic N) is 2. The summed E-state index contributed by atoms with van der Waals surface area (Å²) in [7, 11) is 1.92. The molecule has 0 aromatic carbocycles. The third-order valence-corrected chi connectivity index (χ3v) is 2.91. The molecule has 1 aromatic rings. The molecule has 1 heterocycles. The van der Waals surface area contributed by atoms with Gasteiger partial charge in [-0.1, -0.05) is 0 Å². The predicted molar refractivity (Wildman–Crippen MR) is 65.2 cm³/mol. The fraction of sp³-hybridized carbons (Fsp3) is 0.750. The molecule has 1 rings (SSSR count). The third kappa shape index (κ3) is 3.61. The topological polar surface area (TPSA) is 53.1 Å². The zero-order chi connectivity index (χ0) is 12.2. The number of nitrogens with two attached hydrogens (primary N) is 1. The van der Waals surface area contributed by atoms with Crippen molar-refractivity contribution >= 4 is 0 Å². The quantitative estimate of drug-likeness (QED) is 0.798. The molecule has 0 spiro atoms. The summed E-state index contributed by atoms with van der Waals surface area (Å²) in [5.74, 6) is 0. The second kappa shape index (κ2) is 5.46. The lowest BCUT2D eigenvalue weighted by Crippen LogP contribution is -2.45. The molecule has 0 amide bonds. The summed E-state index contributed by atoms with van der Waals surface area (Å²) in [4.78, 5) is 0. The van der Waals surface area contributed by atoms with Crippen LogP contribution in [0.2, 0.25) is 0 Å². The third-order valence-electron chi connectivity index (χ3n) is 2.91. The molecule has 0 fully saturated rings. The first kappa shape index (κ1) is 13.2. The Morgan fingerprint density at radius 2 is 2.25 bits per heavy atom. The van der Waals surface area contributed by atoms with Crippen molar-refractivity contribution in [2.45, 2.75) is 45.3 Å². The Balaban J connectivity index is 2.43. The molecule has 2 N–H and O–H groups in total. The number of hydrogen-bond donors (Lipinski definition) is 1. The van der Waals surface area contributed by atoms with Gasteiger partial charge in [0.15, 0.2) is 0 Å². The highest BCUT2D eigenvalue weighted by molar-refractivity contribution is 5.04. The molecule has 16 heavy (non-hydrogen) atoms. The van der Waals surface area contributed by atoms with E-state index in [9.17, 15) is 0 Å². The molecule has 0 radical (unpaired) electrons. The van der Waals surface area contributed by atoms with Crippen molar-refractivity contribution in [1.82, 2.24) is 9.78 Å². The molecule has 4 heteroatoms. The van der Waals surface area contributed by atoms with Gasteiger partial charge in [-0.15, -0.1) is 0 Å². The zero-order valence-electron chi connectivity index (χ0n) is 10.7. The van der Waals surface area contributed by atoms with Crippen LogP contribution in [0.3, 0.4) is 0 Å². The zero-order valence-corrected chi connectivity index (χ0v) is 10.7. The molecular formula is C12H23N3O. The summed E-state index contributed by atoms with van der Waals surface area (Å²) in [6.07, 6.45) is 5.78. The van der Waals surface area contributed by atoms with Gasteiger partial charge >= 0.3 is 0 Å². The van der Waals surface area contributed by atoms with Crippen molar-refractivity contribution in [2.24, 2.45) is 12.8 Å². The van der Waals surface area contributed by atoms with E-state index in [1.54, 1.807) is 0 Å². The first-order chi connectivity index (χ1) is 7.45. The van der Waals surface area contributed by atoms with Crippen LogP contribution >= 0.6 is 0 Å². The molecule has 1 unspecified atom stereocenters. The minimum Gasteiger partial charge on any atom is -0.374 e. The molecule has 1 aromatic heterocycles. The van der Waals surface area contributed by atoms with E-state index in [2.05, 4.69) is 5.10 Å². The Labute approximate surface area is 97.8 Å². The summed E-state index contributed by atoms with van der Waals surface area (Å²) in [5.41, 5.74) is 7.11. The highest BCUT2D eigenvalue weighted by atomic mass is 16.5. The van der Waals surface area contributed by atoms with E-state index in [0.717, 1.165) is 12.8 Å². The van der Waals surface area contributed by atoms with Gasteiger partial charge in [-0.05, 0) is 39.2 Å². The van der Waals surface area contributed by atoms with Crippen molar-refractivity contribution < 1.29 is 4.74 Å². The van der Waals surface area contributed by atoms with Crippen LogP contribution < -0.4 is 5.73 Å². The first-order valence-electron chi connectivity index (χ1n) is 5.82. The van der Waals surface area contributed by atoms with E-state index < -0.39 is 0 Å². The van der Waals surface area contributed by atoms with E-state index in [4.69, 9.17) is 10.5 Å². The van der Waals surface area contributed by atoms with Gasteiger partial charge in [0.2, 0.25) is 0 Å². The van der Waals surface area contributed by atoms with Gasteiger partial charge in [0, 0.05) is 25.9 Å². The Morgan fingerprint density at radius 3 is 2.75 bits per heavy atom. The minimum atomic E-state index is -0.253. The summed E-state index contributed by atoms with van der Waals surface area (Å²) in [6, 6.07) is 0.0488. The maximum atomic E-state index is 6.14. The van der Waals surface area contributed by atoms with Gasteiger partial charge in [0.1, 0.15) is 0 Å². The highest BCUT2D eigenvalue weighted by Gasteiger charge is 2.26. The van der Waals surface area contributed by atoms with Crippen LogP contribution in [0.15, 0.2) is 12.4 Å². The van der Waals surface area contributed by atoms with Gasteiger partial charge in [-0.2, -0.15) is 5.10 Å². The molecule has 0 aliphatic heterocycles. The number of rotatable bonds is 6. The molecule has 0 aliphatic rings. The van der Waals surface area contributed by atoms with Crippen LogP contribution in [0.1, 0.15) is 32.8 Å². The molecule has 0 bridgehead atoms. The van der Waals surface area contributed by atoms with E-state index in [-0.39, 0.29) is 11.6 Å². The molecule has 4 nitrogen and oxygen atoms in total. The fourth-order valence-corrected chi connectivity index (χ4v) is 1.75. The van der Waals surface area contributed by atoms with Gasteiger partial charge in [-0.3, -0.25) is 4.68 Å². The first-order valence-corrected chi connectivity index (χ1v) is 5.82. The molecule has 92 valence electrons. The van der Waals surface area contributed by atoms with Crippen molar-refractivity contribution in [2.75, 3.05) is 6.61 Å². The predicted octanol–water partition coefficient (Wildman–Crippen LogP) is 1.50. The number of hydrogen-bond acceptors (Lipinski definition) is 3. The molecule has 1 atom stereocenters. The lowest BCUT2D eigenvalue weighted by molar-refractivity contribution is -0.0306. The van der Waals surface area contributed by atoms with Crippen LogP contribution in [-0.2, 0) is 18.2 Å². The van der Waals surface area contributed by atoms with Gasteiger partial charge in [0.05, 0.1) is 11.8 Å². The lowest BCUT2D eigenvalue weighted by atomic mass is 9.94. The minimum absolute atomic E-state index is 0.0488. The highest BCUT2D eigenvalue weighted by Crippen LogP contribution is 2.17. The lowest BCUT2D eigenvalue weighted by Gasteiger charge is -2.31. The Hall–Kier alpha value is -0.870. The Bertz CT molecular complexity index is 320. The second-order valence-corrected chi connectivity index (χ2v) is 4.70. The summed E-state index contributed by atoms with van der Waals surface area (Å²) in [5, 5.41) is 4.14. The molecule has 0 aliphatic carbocycles. The summed E-state index contributed by atoms with van der Waals surface area (Å²) < 4.78 is 7.45. The van der Waals surface area contributed by atoms with Crippen LogP contribution in [0.25, 0.3) is 0 Å². The summed E-state index contributed by atoms with van der Waals surface area (Å²) >= 11 is 0. The van der Waals surface area contributed by atoms with E-state index >= 15 is 0 Å². The van der Waals surface area contributed by atoms with E-state index in [1.165, 1.54) is 5.56 Å². The molecule has 0 saturated heterocycles.